The van der Waals surface area contributed by atoms with Gasteiger partial charge in [0, 0.05) is 25.5 Å². The summed E-state index contributed by atoms with van der Waals surface area (Å²) >= 11 is 0. The predicted octanol–water partition coefficient (Wildman–Crippen LogP) is 1.85. The fraction of sp³-hybridized carbons (Fsp3) is 0.231. The van der Waals surface area contributed by atoms with Crippen LogP contribution in [0.5, 0.6) is 0 Å². The highest BCUT2D eigenvalue weighted by molar-refractivity contribution is 5.85. The van der Waals surface area contributed by atoms with Gasteiger partial charge in [0.05, 0.1) is 17.8 Å². The highest BCUT2D eigenvalue weighted by Gasteiger charge is 2.20. The maximum absolute atomic E-state index is 13.6. The second-order valence-corrected chi connectivity index (χ2v) is 4.25. The SMILES string of the molecule is O=Cc1c(F)cccc1N1CCn2ccnc2C1. The highest BCUT2D eigenvalue weighted by Crippen LogP contribution is 2.25. The Balaban J connectivity index is 1.98. The van der Waals surface area contributed by atoms with E-state index >= 15 is 0 Å². The number of benzene rings is 1. The molecule has 0 saturated heterocycles. The van der Waals surface area contributed by atoms with Gasteiger partial charge in [-0.25, -0.2) is 9.37 Å². The van der Waals surface area contributed by atoms with Gasteiger partial charge in [0.25, 0.3) is 0 Å². The summed E-state index contributed by atoms with van der Waals surface area (Å²) < 4.78 is 15.6. The molecule has 0 atom stereocenters. The summed E-state index contributed by atoms with van der Waals surface area (Å²) in [5, 5.41) is 0. The first-order valence-corrected chi connectivity index (χ1v) is 5.78. The number of rotatable bonds is 2. The van der Waals surface area contributed by atoms with Crippen molar-refractivity contribution >= 4 is 12.0 Å². The van der Waals surface area contributed by atoms with Crippen LogP contribution >= 0.6 is 0 Å². The molecular weight excluding hydrogens is 233 g/mol. The van der Waals surface area contributed by atoms with Crippen molar-refractivity contribution in [2.24, 2.45) is 0 Å². The molecule has 1 aromatic heterocycles. The van der Waals surface area contributed by atoms with Crippen LogP contribution in [0.1, 0.15) is 16.2 Å². The largest absolute Gasteiger partial charge is 0.362 e. The Morgan fingerprint density at radius 2 is 2.22 bits per heavy atom. The van der Waals surface area contributed by atoms with E-state index < -0.39 is 5.82 Å². The quantitative estimate of drug-likeness (QED) is 0.758. The van der Waals surface area contributed by atoms with E-state index in [0.29, 0.717) is 18.5 Å². The molecule has 1 aliphatic heterocycles. The molecular formula is C13H12FN3O. The summed E-state index contributed by atoms with van der Waals surface area (Å²) in [5.74, 6) is 0.457. The van der Waals surface area contributed by atoms with Crippen molar-refractivity contribution in [3.63, 3.8) is 0 Å². The van der Waals surface area contributed by atoms with Crippen molar-refractivity contribution in [1.29, 1.82) is 0 Å². The predicted molar refractivity (Wildman–Crippen MR) is 65.1 cm³/mol. The zero-order chi connectivity index (χ0) is 12.5. The molecule has 0 amide bonds. The van der Waals surface area contributed by atoms with Crippen molar-refractivity contribution in [3.8, 4) is 0 Å². The van der Waals surface area contributed by atoms with Crippen LogP contribution in [0.25, 0.3) is 0 Å². The van der Waals surface area contributed by atoms with Crippen molar-refractivity contribution in [1.82, 2.24) is 9.55 Å². The molecule has 0 bridgehead atoms. The Hall–Kier alpha value is -2.17. The molecule has 0 N–H and O–H groups in total. The number of carbonyl (C=O) groups is 1. The highest BCUT2D eigenvalue weighted by atomic mass is 19.1. The second kappa shape index (κ2) is 4.25. The summed E-state index contributed by atoms with van der Waals surface area (Å²) in [6.07, 6.45) is 4.26. The molecule has 0 aliphatic carbocycles. The van der Waals surface area contributed by atoms with Gasteiger partial charge in [0.2, 0.25) is 0 Å². The Morgan fingerprint density at radius 1 is 1.33 bits per heavy atom. The van der Waals surface area contributed by atoms with Crippen molar-refractivity contribution < 1.29 is 9.18 Å². The lowest BCUT2D eigenvalue weighted by Crippen LogP contribution is -2.34. The third-order valence-electron chi connectivity index (χ3n) is 3.23. The van der Waals surface area contributed by atoms with Crippen LogP contribution in [0.4, 0.5) is 10.1 Å². The second-order valence-electron chi connectivity index (χ2n) is 4.25. The number of fused-ring (bicyclic) bond motifs is 1. The van der Waals surface area contributed by atoms with Gasteiger partial charge in [0.1, 0.15) is 11.6 Å². The fourth-order valence-corrected chi connectivity index (χ4v) is 2.30. The molecule has 5 heteroatoms. The summed E-state index contributed by atoms with van der Waals surface area (Å²) in [7, 11) is 0. The number of nitrogens with zero attached hydrogens (tertiary/aromatic N) is 3. The Morgan fingerprint density at radius 3 is 3.06 bits per heavy atom. The maximum Gasteiger partial charge on any atom is 0.155 e. The number of hydrogen-bond donors (Lipinski definition) is 0. The summed E-state index contributed by atoms with van der Waals surface area (Å²) in [6, 6.07) is 4.70. The molecule has 18 heavy (non-hydrogen) atoms. The van der Waals surface area contributed by atoms with Crippen LogP contribution in [0.15, 0.2) is 30.6 Å². The minimum atomic E-state index is -0.476. The van der Waals surface area contributed by atoms with Gasteiger partial charge in [-0.2, -0.15) is 0 Å². The van der Waals surface area contributed by atoms with Crippen LogP contribution in [-0.2, 0) is 13.1 Å². The molecule has 3 rings (SSSR count). The Bertz CT molecular complexity index is 594. The molecule has 4 nitrogen and oxygen atoms in total. The average Bonchev–Trinajstić information content (AvgIpc) is 2.85. The van der Waals surface area contributed by atoms with Gasteiger partial charge in [0.15, 0.2) is 6.29 Å². The number of imidazole rings is 1. The van der Waals surface area contributed by atoms with E-state index in [-0.39, 0.29) is 5.56 Å². The third-order valence-corrected chi connectivity index (χ3v) is 3.23. The van der Waals surface area contributed by atoms with Gasteiger partial charge < -0.3 is 9.47 Å². The molecule has 1 aromatic carbocycles. The van der Waals surface area contributed by atoms with Crippen LogP contribution in [0, 0.1) is 5.82 Å². The van der Waals surface area contributed by atoms with E-state index in [4.69, 9.17) is 0 Å². The van der Waals surface area contributed by atoms with Crippen LogP contribution in [0.2, 0.25) is 0 Å². The molecule has 0 unspecified atom stereocenters. The summed E-state index contributed by atoms with van der Waals surface area (Å²) in [4.78, 5) is 17.2. The summed E-state index contributed by atoms with van der Waals surface area (Å²) in [5.41, 5.74) is 0.761. The lowest BCUT2D eigenvalue weighted by atomic mass is 10.1. The minimum Gasteiger partial charge on any atom is -0.362 e. The zero-order valence-corrected chi connectivity index (χ0v) is 9.71. The average molecular weight is 245 g/mol. The fourth-order valence-electron chi connectivity index (χ4n) is 2.30. The van der Waals surface area contributed by atoms with E-state index in [1.54, 1.807) is 18.3 Å². The number of hydrogen-bond acceptors (Lipinski definition) is 3. The normalized spacial score (nSPS) is 14.4. The van der Waals surface area contributed by atoms with Gasteiger partial charge >= 0.3 is 0 Å². The number of halogens is 1. The van der Waals surface area contributed by atoms with Crippen molar-refractivity contribution in [3.05, 3.63) is 47.8 Å². The van der Waals surface area contributed by atoms with Crippen LogP contribution in [0.3, 0.4) is 0 Å². The molecule has 0 spiro atoms. The van der Waals surface area contributed by atoms with Gasteiger partial charge in [-0.05, 0) is 12.1 Å². The number of carbonyl (C=O) groups excluding carboxylic acids is 1. The third kappa shape index (κ3) is 1.68. The molecule has 0 fully saturated rings. The zero-order valence-electron chi connectivity index (χ0n) is 9.71. The molecule has 2 heterocycles. The minimum absolute atomic E-state index is 0.123. The smallest absolute Gasteiger partial charge is 0.155 e. The van der Waals surface area contributed by atoms with Gasteiger partial charge in [-0.1, -0.05) is 6.07 Å². The Labute approximate surface area is 104 Å². The first kappa shape index (κ1) is 11.0. The van der Waals surface area contributed by atoms with E-state index in [2.05, 4.69) is 9.55 Å². The molecule has 1 aliphatic rings. The first-order valence-electron chi connectivity index (χ1n) is 5.78. The lowest BCUT2D eigenvalue weighted by Gasteiger charge is -2.30. The molecule has 0 saturated carbocycles. The summed E-state index contributed by atoms with van der Waals surface area (Å²) in [6.45, 7) is 2.13. The van der Waals surface area contributed by atoms with Crippen LogP contribution in [-0.4, -0.2) is 22.4 Å². The van der Waals surface area contributed by atoms with Crippen molar-refractivity contribution in [2.45, 2.75) is 13.1 Å². The number of aldehydes is 1. The standard InChI is InChI=1S/C13H12FN3O/c14-11-2-1-3-12(10(11)9-18)17-7-6-16-5-4-15-13(16)8-17/h1-5,9H,6-8H2. The first-order chi connectivity index (χ1) is 8.79. The van der Waals surface area contributed by atoms with Gasteiger partial charge in [-0.3, -0.25) is 4.79 Å². The molecule has 0 radical (unpaired) electrons. The Kier molecular flexibility index (Phi) is 2.59. The van der Waals surface area contributed by atoms with Crippen LogP contribution < -0.4 is 4.90 Å². The van der Waals surface area contributed by atoms with Gasteiger partial charge in [-0.15, -0.1) is 0 Å². The topological polar surface area (TPSA) is 38.1 Å². The van der Waals surface area contributed by atoms with E-state index in [9.17, 15) is 9.18 Å². The lowest BCUT2D eigenvalue weighted by molar-refractivity contribution is 0.112. The number of aromatic nitrogens is 2. The monoisotopic (exact) mass is 245 g/mol. The van der Waals surface area contributed by atoms with E-state index in [1.165, 1.54) is 6.07 Å². The van der Waals surface area contributed by atoms with E-state index in [0.717, 1.165) is 18.9 Å². The maximum atomic E-state index is 13.6. The number of anilines is 1. The molecule has 2 aromatic rings. The molecule has 92 valence electrons. The van der Waals surface area contributed by atoms with Crippen molar-refractivity contribution in [2.75, 3.05) is 11.4 Å². The van der Waals surface area contributed by atoms with E-state index in [1.807, 2.05) is 11.1 Å².